The summed E-state index contributed by atoms with van der Waals surface area (Å²) in [5.74, 6) is -3.67. The molecule has 0 unspecified atom stereocenters. The molecule has 14 heteroatoms. The van der Waals surface area contributed by atoms with Crippen LogP contribution in [0.4, 0.5) is 4.79 Å². The summed E-state index contributed by atoms with van der Waals surface area (Å²) < 4.78 is 9.70. The molecule has 13 nitrogen and oxygen atoms in total. The second kappa shape index (κ2) is 10.2. The molecule has 1 aromatic heterocycles. The summed E-state index contributed by atoms with van der Waals surface area (Å²) in [5.41, 5.74) is 4.42. The molecule has 0 spiro atoms. The Bertz CT molecular complexity index is 881. The lowest BCUT2D eigenvalue weighted by Crippen LogP contribution is -2.56. The number of hydrogen-bond acceptors (Lipinski definition) is 10. The molecule has 0 saturated heterocycles. The van der Waals surface area contributed by atoms with E-state index in [0.29, 0.717) is 0 Å². The minimum atomic E-state index is -1.55. The van der Waals surface area contributed by atoms with Crippen LogP contribution in [0.3, 0.4) is 0 Å². The number of nitrogens with two attached hydrogens (primary N) is 1. The number of rotatable bonds is 9. The highest BCUT2D eigenvalue weighted by molar-refractivity contribution is 8.00. The van der Waals surface area contributed by atoms with Crippen LogP contribution in [0.5, 0.6) is 0 Å². The Morgan fingerprint density at radius 3 is 2.70 bits per heavy atom. The number of carbonyl (C=O) groups is 4. The SMILES string of the molecule is CO/N=C(\C(=O)N[C@H](C(=O)O)[C@@H]1NC(C(=O)O)=C(COC(N)=O)CS1)c1ccco1. The number of primary amides is 1. The van der Waals surface area contributed by atoms with E-state index in [-0.39, 0.29) is 35.1 Å². The van der Waals surface area contributed by atoms with Crippen LogP contribution in [0.2, 0.25) is 0 Å². The normalized spacial score (nSPS) is 17.5. The number of oxime groups is 1. The number of thioether (sulfide) groups is 1. The molecule has 1 aromatic rings. The van der Waals surface area contributed by atoms with Crippen LogP contribution in [0.15, 0.2) is 39.2 Å². The average Bonchev–Trinajstić information content (AvgIpc) is 3.22. The van der Waals surface area contributed by atoms with E-state index in [9.17, 15) is 29.4 Å². The fourth-order valence-electron chi connectivity index (χ4n) is 2.39. The molecule has 2 atom stereocenters. The number of furan rings is 1. The zero-order valence-corrected chi connectivity index (χ0v) is 16.3. The molecule has 2 amide bonds. The molecule has 162 valence electrons. The molecule has 1 aliphatic rings. The molecule has 0 aromatic carbocycles. The largest absolute Gasteiger partial charge is 0.480 e. The van der Waals surface area contributed by atoms with Crippen molar-refractivity contribution in [3.05, 3.63) is 35.4 Å². The lowest BCUT2D eigenvalue weighted by atomic mass is 10.2. The van der Waals surface area contributed by atoms with Crippen molar-refractivity contribution in [1.29, 1.82) is 0 Å². The predicted molar refractivity (Wildman–Crippen MR) is 101 cm³/mol. The molecule has 2 rings (SSSR count). The maximum Gasteiger partial charge on any atom is 0.404 e. The highest BCUT2D eigenvalue weighted by Gasteiger charge is 2.37. The fourth-order valence-corrected chi connectivity index (χ4v) is 3.58. The zero-order valence-electron chi connectivity index (χ0n) is 15.5. The van der Waals surface area contributed by atoms with Gasteiger partial charge in [0, 0.05) is 11.3 Å². The number of amides is 2. The lowest BCUT2D eigenvalue weighted by Gasteiger charge is -2.31. The van der Waals surface area contributed by atoms with Crippen molar-refractivity contribution in [2.75, 3.05) is 19.5 Å². The van der Waals surface area contributed by atoms with Gasteiger partial charge in [-0.15, -0.1) is 11.8 Å². The van der Waals surface area contributed by atoms with Crippen molar-refractivity contribution in [2.45, 2.75) is 11.4 Å². The molecule has 2 heterocycles. The minimum absolute atomic E-state index is 0.0173. The van der Waals surface area contributed by atoms with Gasteiger partial charge in [0.25, 0.3) is 5.91 Å². The molecular weight excluding hydrogens is 424 g/mol. The van der Waals surface area contributed by atoms with Crippen molar-refractivity contribution in [3.63, 3.8) is 0 Å². The summed E-state index contributed by atoms with van der Waals surface area (Å²) in [6, 6.07) is 1.38. The third-order valence-corrected chi connectivity index (χ3v) is 4.95. The van der Waals surface area contributed by atoms with Crippen LogP contribution in [0.25, 0.3) is 0 Å². The van der Waals surface area contributed by atoms with E-state index in [0.717, 1.165) is 11.8 Å². The van der Waals surface area contributed by atoms with Crippen molar-refractivity contribution in [1.82, 2.24) is 10.6 Å². The predicted octanol–water partition coefficient (Wildman–Crippen LogP) is -0.704. The Morgan fingerprint density at radius 1 is 1.43 bits per heavy atom. The Kier molecular flexibility index (Phi) is 7.69. The second-order valence-corrected chi connectivity index (χ2v) is 6.79. The van der Waals surface area contributed by atoms with E-state index in [2.05, 4.69) is 25.4 Å². The number of ether oxygens (including phenoxy) is 1. The summed E-state index contributed by atoms with van der Waals surface area (Å²) in [7, 11) is 1.20. The summed E-state index contributed by atoms with van der Waals surface area (Å²) >= 11 is 0.991. The number of nitrogens with zero attached hydrogens (tertiary/aromatic N) is 1. The third-order valence-electron chi connectivity index (χ3n) is 3.69. The van der Waals surface area contributed by atoms with Crippen LogP contribution in [0.1, 0.15) is 5.76 Å². The van der Waals surface area contributed by atoms with E-state index in [1.807, 2.05) is 0 Å². The van der Waals surface area contributed by atoms with E-state index in [1.54, 1.807) is 0 Å². The molecule has 0 radical (unpaired) electrons. The first-order valence-electron chi connectivity index (χ1n) is 8.19. The van der Waals surface area contributed by atoms with Gasteiger partial charge in [0.1, 0.15) is 24.8 Å². The zero-order chi connectivity index (χ0) is 22.3. The van der Waals surface area contributed by atoms with Gasteiger partial charge in [0.2, 0.25) is 5.71 Å². The van der Waals surface area contributed by atoms with E-state index < -0.39 is 35.4 Å². The Balaban J connectivity index is 2.21. The first kappa shape index (κ1) is 22.6. The maximum absolute atomic E-state index is 12.6. The molecule has 1 aliphatic heterocycles. The molecule has 6 N–H and O–H groups in total. The summed E-state index contributed by atoms with van der Waals surface area (Å²) in [6.07, 6.45) is 0.207. The van der Waals surface area contributed by atoms with Crippen LogP contribution in [-0.2, 0) is 24.0 Å². The topological polar surface area (TPSA) is 203 Å². The standard InChI is InChI=1S/C16H18N4O9S/c1-27-20-10(8-3-2-4-28-8)12(21)18-11(15(24)25)13-19-9(14(22)23)7(6-30-13)5-29-16(17)26/h2-4,11,13,19H,5-6H2,1H3,(H2,17,26)(H,18,21)(H,22,23)(H,24,25)/b20-10-/t11-,13+/m0/s1. The lowest BCUT2D eigenvalue weighted by molar-refractivity contribution is -0.141. The minimum Gasteiger partial charge on any atom is -0.480 e. The van der Waals surface area contributed by atoms with Gasteiger partial charge in [-0.05, 0) is 12.1 Å². The maximum atomic E-state index is 12.6. The number of aliphatic carboxylic acids is 2. The van der Waals surface area contributed by atoms with Crippen molar-refractivity contribution in [3.8, 4) is 0 Å². The summed E-state index contributed by atoms with van der Waals surface area (Å²) in [6.45, 7) is -0.378. The van der Waals surface area contributed by atoms with Crippen LogP contribution >= 0.6 is 11.8 Å². The third kappa shape index (κ3) is 5.66. The number of nitrogens with one attached hydrogen (secondary N) is 2. The summed E-state index contributed by atoms with van der Waals surface area (Å²) in [4.78, 5) is 51.2. The van der Waals surface area contributed by atoms with Gasteiger partial charge in [0.15, 0.2) is 11.8 Å². The van der Waals surface area contributed by atoms with E-state index in [4.69, 9.17) is 10.2 Å². The highest BCUT2D eigenvalue weighted by Crippen LogP contribution is 2.25. The van der Waals surface area contributed by atoms with E-state index in [1.165, 1.54) is 25.5 Å². The average molecular weight is 442 g/mol. The van der Waals surface area contributed by atoms with Crippen LogP contribution in [0, 0.1) is 0 Å². The van der Waals surface area contributed by atoms with Gasteiger partial charge in [-0.2, -0.15) is 0 Å². The van der Waals surface area contributed by atoms with Crippen molar-refractivity contribution < 1.29 is 43.4 Å². The van der Waals surface area contributed by atoms with Gasteiger partial charge >= 0.3 is 18.0 Å². The molecule has 0 fully saturated rings. The summed E-state index contributed by atoms with van der Waals surface area (Å²) in [5, 5.41) is 26.3. The second-order valence-electron chi connectivity index (χ2n) is 5.66. The number of hydrogen-bond donors (Lipinski definition) is 5. The fraction of sp³-hybridized carbons (Fsp3) is 0.312. The van der Waals surface area contributed by atoms with Gasteiger partial charge in [-0.1, -0.05) is 5.16 Å². The monoisotopic (exact) mass is 442 g/mol. The van der Waals surface area contributed by atoms with E-state index >= 15 is 0 Å². The number of carbonyl (C=O) groups excluding carboxylic acids is 2. The van der Waals surface area contributed by atoms with Crippen molar-refractivity contribution in [2.24, 2.45) is 10.9 Å². The quantitative estimate of drug-likeness (QED) is 0.239. The Labute approximate surface area is 173 Å². The molecule has 0 aliphatic carbocycles. The van der Waals surface area contributed by atoms with Gasteiger partial charge in [-0.25, -0.2) is 14.4 Å². The molecular formula is C16H18N4O9S. The van der Waals surface area contributed by atoms with Crippen LogP contribution in [-0.4, -0.2) is 70.7 Å². The Hall–Kier alpha value is -3.68. The molecule has 0 bridgehead atoms. The van der Waals surface area contributed by atoms with Crippen LogP contribution < -0.4 is 16.4 Å². The molecule has 30 heavy (non-hydrogen) atoms. The smallest absolute Gasteiger partial charge is 0.404 e. The van der Waals surface area contributed by atoms with Gasteiger partial charge < -0.3 is 40.6 Å². The van der Waals surface area contributed by atoms with Gasteiger partial charge in [-0.3, -0.25) is 4.79 Å². The van der Waals surface area contributed by atoms with Crippen molar-refractivity contribution >= 4 is 41.4 Å². The first-order valence-corrected chi connectivity index (χ1v) is 9.23. The van der Waals surface area contributed by atoms with Gasteiger partial charge in [0.05, 0.1) is 6.26 Å². The molecule has 0 saturated carbocycles. The number of carboxylic acids is 2. The number of carboxylic acid groups (broad SMARTS) is 2. The highest BCUT2D eigenvalue weighted by atomic mass is 32.2. The first-order chi connectivity index (χ1) is 14.2. The Morgan fingerprint density at radius 2 is 2.17 bits per heavy atom.